The number of hydrogen-bond donors (Lipinski definition) is 1. The molecule has 0 spiro atoms. The lowest BCUT2D eigenvalue weighted by Crippen LogP contribution is -2.33. The molecule has 0 bridgehead atoms. The van der Waals surface area contributed by atoms with Gasteiger partial charge in [-0.2, -0.15) is 0 Å². The first kappa shape index (κ1) is 17.3. The van der Waals surface area contributed by atoms with Crippen LogP contribution in [0.4, 0.5) is 0 Å². The first-order valence-electron chi connectivity index (χ1n) is 7.33. The van der Waals surface area contributed by atoms with Crippen molar-refractivity contribution < 1.29 is 4.21 Å². The molecule has 0 aliphatic rings. The molecule has 2 heterocycles. The van der Waals surface area contributed by atoms with E-state index in [-0.39, 0.29) is 5.92 Å². The number of pyridine rings is 2. The van der Waals surface area contributed by atoms with E-state index in [2.05, 4.69) is 16.9 Å². The molecule has 120 valence electrons. The number of nitrogens with two attached hydrogens (primary N) is 1. The summed E-state index contributed by atoms with van der Waals surface area (Å²) in [5, 5.41) is 8.18. The van der Waals surface area contributed by atoms with Crippen LogP contribution in [0.5, 0.6) is 0 Å². The van der Waals surface area contributed by atoms with E-state index in [1.54, 1.807) is 6.20 Å². The van der Waals surface area contributed by atoms with Crippen molar-refractivity contribution in [2.75, 3.05) is 0 Å². The van der Waals surface area contributed by atoms with Crippen molar-refractivity contribution >= 4 is 33.4 Å². The van der Waals surface area contributed by atoms with Gasteiger partial charge in [-0.05, 0) is 56.5 Å². The Hall–Kier alpha value is -1.04. The number of rotatable bonds is 5. The lowest BCUT2D eigenvalue weighted by Gasteiger charge is -2.27. The quantitative estimate of drug-likeness (QED) is 0.840. The summed E-state index contributed by atoms with van der Waals surface area (Å²) in [6, 6.07) is 1.88. The Morgan fingerprint density at radius 3 is 2.59 bits per heavy atom. The lowest BCUT2D eigenvalue weighted by atomic mass is 9.86. The third-order valence-corrected chi connectivity index (χ3v) is 5.65. The molecule has 0 aromatic carbocycles. The van der Waals surface area contributed by atoms with Gasteiger partial charge in [-0.3, -0.25) is 10.1 Å². The van der Waals surface area contributed by atoms with Crippen molar-refractivity contribution in [2.45, 2.75) is 51.2 Å². The van der Waals surface area contributed by atoms with Crippen LogP contribution in [-0.4, -0.2) is 18.9 Å². The summed E-state index contributed by atoms with van der Waals surface area (Å²) in [5.41, 5.74) is 2.05. The highest BCUT2D eigenvalue weighted by Gasteiger charge is 2.29. The van der Waals surface area contributed by atoms with Gasteiger partial charge in [0.05, 0.1) is 15.7 Å². The average molecular weight is 340 g/mol. The normalized spacial score (nSPS) is 15.0. The van der Waals surface area contributed by atoms with Crippen LogP contribution in [0.25, 0.3) is 10.8 Å². The SMILES string of the molecule is CC[C@H](CC(C)(C)S(N)=O)c1cnc(C)c2cnc(Cl)cc12. The first-order chi connectivity index (χ1) is 10.3. The lowest BCUT2D eigenvalue weighted by molar-refractivity contribution is 0.508. The average Bonchev–Trinajstić information content (AvgIpc) is 2.45. The van der Waals surface area contributed by atoms with Crippen molar-refractivity contribution in [2.24, 2.45) is 5.14 Å². The molecule has 22 heavy (non-hydrogen) atoms. The molecule has 4 nitrogen and oxygen atoms in total. The molecule has 2 rings (SSSR count). The monoisotopic (exact) mass is 339 g/mol. The smallest absolute Gasteiger partial charge is 0.129 e. The molecule has 0 fully saturated rings. The summed E-state index contributed by atoms with van der Waals surface area (Å²) >= 11 is 6.07. The summed E-state index contributed by atoms with van der Waals surface area (Å²) in [6.07, 6.45) is 5.31. The molecule has 2 atom stereocenters. The zero-order valence-electron chi connectivity index (χ0n) is 13.4. The fraction of sp³-hybridized carbons (Fsp3) is 0.500. The Balaban J connectivity index is 2.54. The van der Waals surface area contributed by atoms with Gasteiger partial charge in [-0.25, -0.2) is 9.19 Å². The van der Waals surface area contributed by atoms with Gasteiger partial charge in [0.15, 0.2) is 0 Å². The molecule has 0 aliphatic carbocycles. The number of aryl methyl sites for hydroxylation is 1. The molecular weight excluding hydrogens is 318 g/mol. The van der Waals surface area contributed by atoms with Gasteiger partial charge in [-0.15, -0.1) is 0 Å². The van der Waals surface area contributed by atoms with Crippen molar-refractivity contribution in [3.8, 4) is 0 Å². The topological polar surface area (TPSA) is 68.9 Å². The van der Waals surface area contributed by atoms with Gasteiger partial charge >= 0.3 is 0 Å². The second kappa shape index (κ2) is 6.60. The van der Waals surface area contributed by atoms with E-state index in [1.165, 1.54) is 0 Å². The second-order valence-corrected chi connectivity index (χ2v) is 8.31. The molecule has 0 amide bonds. The van der Waals surface area contributed by atoms with Crippen LogP contribution in [0.1, 0.15) is 50.8 Å². The van der Waals surface area contributed by atoms with Crippen LogP contribution >= 0.6 is 11.6 Å². The third kappa shape index (κ3) is 3.47. The predicted molar refractivity (Wildman–Crippen MR) is 93.3 cm³/mol. The maximum absolute atomic E-state index is 11.8. The number of halogens is 1. The zero-order valence-corrected chi connectivity index (χ0v) is 15.0. The summed E-state index contributed by atoms with van der Waals surface area (Å²) in [7, 11) is -1.37. The molecule has 2 N–H and O–H groups in total. The van der Waals surface area contributed by atoms with Crippen molar-refractivity contribution in [1.29, 1.82) is 0 Å². The highest BCUT2D eigenvalue weighted by atomic mass is 35.5. The van der Waals surface area contributed by atoms with Gasteiger partial charge in [-0.1, -0.05) is 18.5 Å². The van der Waals surface area contributed by atoms with Crippen molar-refractivity contribution in [3.63, 3.8) is 0 Å². The molecule has 1 unspecified atom stereocenters. The molecule has 0 saturated carbocycles. The van der Waals surface area contributed by atoms with Gasteiger partial charge in [0.1, 0.15) is 5.15 Å². The molecule has 2 aromatic rings. The summed E-state index contributed by atoms with van der Waals surface area (Å²) < 4.78 is 11.3. The number of hydrogen-bond acceptors (Lipinski definition) is 3. The maximum atomic E-state index is 11.8. The molecule has 0 saturated heterocycles. The maximum Gasteiger partial charge on any atom is 0.129 e. The minimum atomic E-state index is -1.37. The fourth-order valence-electron chi connectivity index (χ4n) is 2.74. The number of nitrogens with zero attached hydrogens (tertiary/aromatic N) is 2. The van der Waals surface area contributed by atoms with Crippen LogP contribution in [0.3, 0.4) is 0 Å². The Labute approximate surface area is 139 Å². The standard InChI is InChI=1S/C16H22ClN3OS/c1-5-11(7-16(3,4)22(18)21)14-9-19-10(2)13-8-20-15(17)6-12(13)14/h6,8-9,11H,5,7,18H2,1-4H3/t11-,22?/m1/s1. The molecule has 6 heteroatoms. The van der Waals surface area contributed by atoms with E-state index in [1.807, 2.05) is 33.0 Å². The van der Waals surface area contributed by atoms with Crippen LogP contribution in [0.15, 0.2) is 18.5 Å². The Morgan fingerprint density at radius 1 is 1.32 bits per heavy atom. The Morgan fingerprint density at radius 2 is 2.00 bits per heavy atom. The van der Waals surface area contributed by atoms with Crippen LogP contribution < -0.4 is 5.14 Å². The van der Waals surface area contributed by atoms with Crippen LogP contribution in [0, 0.1) is 6.92 Å². The highest BCUT2D eigenvalue weighted by molar-refractivity contribution is 7.84. The summed E-state index contributed by atoms with van der Waals surface area (Å²) in [5.74, 6) is 0.219. The van der Waals surface area contributed by atoms with E-state index in [0.29, 0.717) is 5.15 Å². The largest absolute Gasteiger partial charge is 0.261 e. The van der Waals surface area contributed by atoms with E-state index >= 15 is 0 Å². The first-order valence-corrected chi connectivity index (χ1v) is 8.92. The number of aromatic nitrogens is 2. The zero-order chi connectivity index (χ0) is 16.5. The van der Waals surface area contributed by atoms with E-state index in [0.717, 1.165) is 34.9 Å². The molecule has 0 aliphatic heterocycles. The van der Waals surface area contributed by atoms with E-state index in [4.69, 9.17) is 16.7 Å². The van der Waals surface area contributed by atoms with E-state index in [9.17, 15) is 4.21 Å². The van der Waals surface area contributed by atoms with Crippen molar-refractivity contribution in [1.82, 2.24) is 9.97 Å². The van der Waals surface area contributed by atoms with Crippen molar-refractivity contribution in [3.05, 3.63) is 34.9 Å². The van der Waals surface area contributed by atoms with Gasteiger partial charge in [0.2, 0.25) is 0 Å². The van der Waals surface area contributed by atoms with E-state index < -0.39 is 15.7 Å². The molecule has 2 aromatic heterocycles. The highest BCUT2D eigenvalue weighted by Crippen LogP contribution is 2.35. The van der Waals surface area contributed by atoms with Gasteiger partial charge in [0.25, 0.3) is 0 Å². The minimum absolute atomic E-state index is 0.219. The Bertz CT molecular complexity index is 718. The Kier molecular flexibility index (Phi) is 5.20. The molecule has 0 radical (unpaired) electrons. The number of fused-ring (bicyclic) bond motifs is 1. The summed E-state index contributed by atoms with van der Waals surface area (Å²) in [6.45, 7) is 7.95. The predicted octanol–water partition coefficient (Wildman–Crippen LogP) is 3.88. The second-order valence-electron chi connectivity index (χ2n) is 6.22. The van der Waals surface area contributed by atoms with Crippen LogP contribution in [0.2, 0.25) is 5.15 Å². The van der Waals surface area contributed by atoms with Crippen LogP contribution in [-0.2, 0) is 11.0 Å². The fourth-order valence-corrected chi connectivity index (χ4v) is 3.26. The minimum Gasteiger partial charge on any atom is -0.261 e. The molecular formula is C16H22ClN3OS. The van der Waals surface area contributed by atoms with Gasteiger partial charge < -0.3 is 0 Å². The third-order valence-electron chi connectivity index (χ3n) is 4.18. The summed E-state index contributed by atoms with van der Waals surface area (Å²) in [4.78, 5) is 8.64. The van der Waals surface area contributed by atoms with Gasteiger partial charge in [0, 0.05) is 23.5 Å².